The van der Waals surface area contributed by atoms with Crippen LogP contribution in [0.3, 0.4) is 0 Å². The summed E-state index contributed by atoms with van der Waals surface area (Å²) < 4.78 is 0. The maximum atomic E-state index is 11.7. The Hall–Kier alpha value is -1.06. The fraction of sp³-hybridized carbons (Fsp3) is 0.462. The predicted molar refractivity (Wildman–Crippen MR) is 74.0 cm³/mol. The van der Waals surface area contributed by atoms with E-state index in [9.17, 15) is 4.79 Å². The van der Waals surface area contributed by atoms with Crippen LogP contribution in [0.4, 0.5) is 0 Å². The van der Waals surface area contributed by atoms with Gasteiger partial charge in [-0.15, -0.1) is 12.4 Å². The van der Waals surface area contributed by atoms with Gasteiger partial charge in [-0.1, -0.05) is 6.07 Å². The van der Waals surface area contributed by atoms with E-state index in [-0.39, 0.29) is 18.3 Å². The van der Waals surface area contributed by atoms with Crippen LogP contribution in [-0.2, 0) is 0 Å². The standard InChI is InChI=1S/C13H20N2O.ClH/c1-10-5-6-12(9-11(10)2)13(16)15-8-4-7-14-3;/h5-6,9,14H,4,7-8H2,1-3H3,(H,15,16);1H. The van der Waals surface area contributed by atoms with Gasteiger partial charge in [0.1, 0.15) is 0 Å². The molecule has 0 radical (unpaired) electrons. The van der Waals surface area contributed by atoms with Crippen LogP contribution in [0, 0.1) is 13.8 Å². The largest absolute Gasteiger partial charge is 0.352 e. The molecule has 1 amide bonds. The van der Waals surface area contributed by atoms with Crippen LogP contribution < -0.4 is 10.6 Å². The van der Waals surface area contributed by atoms with E-state index in [0.717, 1.165) is 24.1 Å². The number of benzene rings is 1. The summed E-state index contributed by atoms with van der Waals surface area (Å²) in [6.07, 6.45) is 0.951. The van der Waals surface area contributed by atoms with Crippen LogP contribution in [0.15, 0.2) is 18.2 Å². The molecule has 0 spiro atoms. The number of carbonyl (C=O) groups excluding carboxylic acids is 1. The van der Waals surface area contributed by atoms with Crippen molar-refractivity contribution in [2.75, 3.05) is 20.1 Å². The van der Waals surface area contributed by atoms with Gasteiger partial charge in [0.25, 0.3) is 5.91 Å². The number of carbonyl (C=O) groups is 1. The first-order valence-electron chi connectivity index (χ1n) is 5.65. The third-order valence-corrected chi connectivity index (χ3v) is 2.66. The summed E-state index contributed by atoms with van der Waals surface area (Å²) in [5.41, 5.74) is 3.11. The molecule has 0 aliphatic heterocycles. The van der Waals surface area contributed by atoms with Crippen LogP contribution in [0.5, 0.6) is 0 Å². The minimum Gasteiger partial charge on any atom is -0.352 e. The molecule has 0 bridgehead atoms. The van der Waals surface area contributed by atoms with Crippen molar-refractivity contribution in [1.29, 1.82) is 0 Å². The Morgan fingerprint density at radius 2 is 1.88 bits per heavy atom. The Kier molecular flexibility index (Phi) is 7.59. The normalized spacial score (nSPS) is 9.59. The number of amides is 1. The van der Waals surface area contributed by atoms with Crippen LogP contribution in [0.2, 0.25) is 0 Å². The van der Waals surface area contributed by atoms with Gasteiger partial charge in [-0.25, -0.2) is 0 Å². The lowest BCUT2D eigenvalue weighted by Gasteiger charge is -2.07. The molecule has 0 saturated heterocycles. The third-order valence-electron chi connectivity index (χ3n) is 2.66. The van der Waals surface area contributed by atoms with E-state index in [1.54, 1.807) is 0 Å². The molecule has 0 aliphatic carbocycles. The van der Waals surface area contributed by atoms with E-state index in [4.69, 9.17) is 0 Å². The van der Waals surface area contributed by atoms with E-state index in [2.05, 4.69) is 10.6 Å². The van der Waals surface area contributed by atoms with Gasteiger partial charge in [-0.05, 0) is 57.1 Å². The van der Waals surface area contributed by atoms with Gasteiger partial charge in [0.05, 0.1) is 0 Å². The van der Waals surface area contributed by atoms with E-state index < -0.39 is 0 Å². The first-order valence-corrected chi connectivity index (χ1v) is 5.65. The summed E-state index contributed by atoms with van der Waals surface area (Å²) >= 11 is 0. The van der Waals surface area contributed by atoms with Gasteiger partial charge < -0.3 is 10.6 Å². The molecule has 17 heavy (non-hydrogen) atoms. The number of nitrogens with one attached hydrogen (secondary N) is 2. The highest BCUT2D eigenvalue weighted by Gasteiger charge is 2.05. The molecule has 0 atom stereocenters. The van der Waals surface area contributed by atoms with Crippen molar-refractivity contribution in [3.8, 4) is 0 Å². The predicted octanol–water partition coefficient (Wildman–Crippen LogP) is 2.06. The zero-order valence-electron chi connectivity index (χ0n) is 10.7. The van der Waals surface area contributed by atoms with Crippen molar-refractivity contribution >= 4 is 18.3 Å². The molecule has 0 aliphatic rings. The molecule has 0 unspecified atom stereocenters. The van der Waals surface area contributed by atoms with Crippen molar-refractivity contribution in [3.63, 3.8) is 0 Å². The summed E-state index contributed by atoms with van der Waals surface area (Å²) in [7, 11) is 1.91. The van der Waals surface area contributed by atoms with Gasteiger partial charge >= 0.3 is 0 Å². The van der Waals surface area contributed by atoms with Crippen molar-refractivity contribution in [1.82, 2.24) is 10.6 Å². The highest BCUT2D eigenvalue weighted by Crippen LogP contribution is 2.09. The molecule has 4 heteroatoms. The smallest absolute Gasteiger partial charge is 0.251 e. The number of halogens is 1. The molecule has 0 saturated carbocycles. The molecule has 3 nitrogen and oxygen atoms in total. The molecule has 0 heterocycles. The van der Waals surface area contributed by atoms with Crippen LogP contribution in [0.1, 0.15) is 27.9 Å². The highest BCUT2D eigenvalue weighted by molar-refractivity contribution is 5.94. The Balaban J connectivity index is 0.00000256. The Labute approximate surface area is 109 Å². The molecular weight excluding hydrogens is 236 g/mol. The quantitative estimate of drug-likeness (QED) is 0.792. The summed E-state index contributed by atoms with van der Waals surface area (Å²) in [4.78, 5) is 11.7. The van der Waals surface area contributed by atoms with Gasteiger partial charge in [0.2, 0.25) is 0 Å². The van der Waals surface area contributed by atoms with Crippen molar-refractivity contribution in [3.05, 3.63) is 34.9 Å². The Bertz CT molecular complexity index is 366. The van der Waals surface area contributed by atoms with Crippen LogP contribution in [0.25, 0.3) is 0 Å². The zero-order chi connectivity index (χ0) is 12.0. The lowest BCUT2D eigenvalue weighted by molar-refractivity contribution is 0.0953. The fourth-order valence-electron chi connectivity index (χ4n) is 1.45. The molecule has 1 aromatic carbocycles. The van der Waals surface area contributed by atoms with Gasteiger partial charge in [0.15, 0.2) is 0 Å². The van der Waals surface area contributed by atoms with Gasteiger partial charge in [-0.3, -0.25) is 4.79 Å². The van der Waals surface area contributed by atoms with Gasteiger partial charge in [0, 0.05) is 12.1 Å². The van der Waals surface area contributed by atoms with Crippen molar-refractivity contribution < 1.29 is 4.79 Å². The van der Waals surface area contributed by atoms with Crippen LogP contribution in [-0.4, -0.2) is 26.0 Å². The van der Waals surface area contributed by atoms with E-state index in [0.29, 0.717) is 6.54 Å². The second-order valence-electron chi connectivity index (χ2n) is 4.01. The first kappa shape index (κ1) is 15.9. The van der Waals surface area contributed by atoms with E-state index >= 15 is 0 Å². The average molecular weight is 257 g/mol. The molecule has 0 fully saturated rings. The van der Waals surface area contributed by atoms with Gasteiger partial charge in [-0.2, -0.15) is 0 Å². The summed E-state index contributed by atoms with van der Waals surface area (Å²) in [6.45, 7) is 5.71. The summed E-state index contributed by atoms with van der Waals surface area (Å²) in [6, 6.07) is 5.79. The Morgan fingerprint density at radius 1 is 1.18 bits per heavy atom. The zero-order valence-corrected chi connectivity index (χ0v) is 11.5. The number of hydrogen-bond acceptors (Lipinski definition) is 2. The minimum atomic E-state index is 0. The number of rotatable bonds is 5. The van der Waals surface area contributed by atoms with E-state index in [1.165, 1.54) is 5.56 Å². The SMILES string of the molecule is CNCCCNC(=O)c1ccc(C)c(C)c1.Cl. The maximum absolute atomic E-state index is 11.7. The lowest BCUT2D eigenvalue weighted by Crippen LogP contribution is -2.26. The van der Waals surface area contributed by atoms with Crippen molar-refractivity contribution in [2.24, 2.45) is 0 Å². The van der Waals surface area contributed by atoms with E-state index in [1.807, 2.05) is 39.1 Å². The number of hydrogen-bond donors (Lipinski definition) is 2. The monoisotopic (exact) mass is 256 g/mol. The number of aryl methyl sites for hydroxylation is 2. The molecule has 96 valence electrons. The van der Waals surface area contributed by atoms with Crippen LogP contribution >= 0.6 is 12.4 Å². The average Bonchev–Trinajstić information content (AvgIpc) is 2.28. The molecular formula is C13H21ClN2O. The summed E-state index contributed by atoms with van der Waals surface area (Å²) in [5, 5.41) is 5.95. The molecule has 0 aromatic heterocycles. The topological polar surface area (TPSA) is 41.1 Å². The first-order chi connectivity index (χ1) is 7.65. The minimum absolute atomic E-state index is 0. The van der Waals surface area contributed by atoms with Crippen molar-refractivity contribution in [2.45, 2.75) is 20.3 Å². The second kappa shape index (κ2) is 8.09. The summed E-state index contributed by atoms with van der Waals surface area (Å²) in [5.74, 6) is 0.0132. The molecule has 1 aromatic rings. The lowest BCUT2D eigenvalue weighted by atomic mass is 10.1. The molecule has 1 rings (SSSR count). The second-order valence-corrected chi connectivity index (χ2v) is 4.01. The maximum Gasteiger partial charge on any atom is 0.251 e. The fourth-order valence-corrected chi connectivity index (χ4v) is 1.45. The molecule has 2 N–H and O–H groups in total. The Morgan fingerprint density at radius 3 is 2.47 bits per heavy atom. The highest BCUT2D eigenvalue weighted by atomic mass is 35.5. The third kappa shape index (κ3) is 5.20.